The molecule has 0 unspecified atom stereocenters. The number of nitro groups is 1. The number of hydrogen-bond donors (Lipinski definition) is 0. The number of hydrogen-bond acceptors (Lipinski definition) is 6. The lowest BCUT2D eigenvalue weighted by atomic mass is 10.1. The molecule has 0 saturated carbocycles. The zero-order chi connectivity index (χ0) is 22.3. The van der Waals surface area contributed by atoms with E-state index in [1.165, 1.54) is 18.2 Å². The van der Waals surface area contributed by atoms with Gasteiger partial charge >= 0.3 is 0 Å². The molecule has 0 atom stereocenters. The Morgan fingerprint density at radius 3 is 2.39 bits per heavy atom. The van der Waals surface area contributed by atoms with Crippen molar-refractivity contribution in [3.8, 4) is 11.3 Å². The minimum absolute atomic E-state index is 0.0959. The Morgan fingerprint density at radius 2 is 1.71 bits per heavy atom. The molecular weight excluding hydrogens is 487 g/mol. The van der Waals surface area contributed by atoms with E-state index in [4.69, 9.17) is 39.2 Å². The zero-order valence-electron chi connectivity index (χ0n) is 15.2. The van der Waals surface area contributed by atoms with Crippen LogP contribution in [-0.4, -0.2) is 16.1 Å². The van der Waals surface area contributed by atoms with Crippen molar-refractivity contribution in [2.24, 2.45) is 0 Å². The van der Waals surface area contributed by atoms with Crippen LogP contribution in [0.4, 0.5) is 16.2 Å². The maximum absolute atomic E-state index is 12.7. The number of amides is 2. The van der Waals surface area contributed by atoms with Gasteiger partial charge in [-0.1, -0.05) is 34.8 Å². The number of halogens is 3. The van der Waals surface area contributed by atoms with Crippen LogP contribution in [0.25, 0.3) is 17.4 Å². The number of anilines is 1. The number of nitro benzene ring substituents is 1. The van der Waals surface area contributed by atoms with Crippen LogP contribution in [0, 0.1) is 10.1 Å². The lowest BCUT2D eigenvalue weighted by Gasteiger charge is -2.11. The molecule has 1 aromatic heterocycles. The summed E-state index contributed by atoms with van der Waals surface area (Å²) in [6, 6.07) is 11.9. The van der Waals surface area contributed by atoms with Gasteiger partial charge in [0.25, 0.3) is 16.8 Å². The average molecular weight is 496 g/mol. The Morgan fingerprint density at radius 1 is 1.00 bits per heavy atom. The number of benzene rings is 2. The number of thioether (sulfide) groups is 1. The first-order chi connectivity index (χ1) is 14.7. The summed E-state index contributed by atoms with van der Waals surface area (Å²) in [6.45, 7) is 0. The summed E-state index contributed by atoms with van der Waals surface area (Å²) < 4.78 is 5.69. The van der Waals surface area contributed by atoms with Gasteiger partial charge in [-0.3, -0.25) is 19.7 Å². The molecule has 0 spiro atoms. The first-order valence-electron chi connectivity index (χ1n) is 8.52. The summed E-state index contributed by atoms with van der Waals surface area (Å²) in [5, 5.41) is 11.2. The predicted molar refractivity (Wildman–Crippen MR) is 121 cm³/mol. The highest BCUT2D eigenvalue weighted by Crippen LogP contribution is 2.39. The van der Waals surface area contributed by atoms with Gasteiger partial charge in [0.15, 0.2) is 0 Å². The molecule has 0 N–H and O–H groups in total. The average Bonchev–Trinajstić information content (AvgIpc) is 3.27. The number of nitrogens with zero attached hydrogens (tertiary/aromatic N) is 2. The summed E-state index contributed by atoms with van der Waals surface area (Å²) in [7, 11) is 0. The number of imide groups is 1. The highest BCUT2D eigenvalue weighted by Gasteiger charge is 2.36. The number of rotatable bonds is 4. The molecule has 0 aliphatic carbocycles. The van der Waals surface area contributed by atoms with Gasteiger partial charge in [-0.05, 0) is 54.2 Å². The summed E-state index contributed by atoms with van der Waals surface area (Å²) in [5.74, 6) is 0.00802. The molecule has 11 heteroatoms. The third-order valence-electron chi connectivity index (χ3n) is 4.28. The Kier molecular flexibility index (Phi) is 5.81. The van der Waals surface area contributed by atoms with E-state index in [1.54, 1.807) is 36.4 Å². The van der Waals surface area contributed by atoms with Gasteiger partial charge in [0.05, 0.1) is 20.5 Å². The Bertz CT molecular complexity index is 1270. The highest BCUT2D eigenvalue weighted by atomic mass is 35.5. The van der Waals surface area contributed by atoms with Crippen LogP contribution in [0.1, 0.15) is 5.76 Å². The number of furan rings is 1. The minimum Gasteiger partial charge on any atom is -0.457 e. The van der Waals surface area contributed by atoms with Crippen LogP contribution in [0.3, 0.4) is 0 Å². The fourth-order valence-electron chi connectivity index (χ4n) is 2.85. The van der Waals surface area contributed by atoms with Crippen molar-refractivity contribution in [3.05, 3.63) is 84.4 Å². The van der Waals surface area contributed by atoms with Crippen molar-refractivity contribution in [2.45, 2.75) is 0 Å². The predicted octanol–water partition coefficient (Wildman–Crippen LogP) is 7.06. The van der Waals surface area contributed by atoms with E-state index in [9.17, 15) is 19.7 Å². The molecule has 0 bridgehead atoms. The van der Waals surface area contributed by atoms with E-state index in [1.807, 2.05) is 0 Å². The molecule has 3 aromatic rings. The maximum atomic E-state index is 12.7. The first kappa shape index (κ1) is 21.5. The van der Waals surface area contributed by atoms with Gasteiger partial charge in [0, 0.05) is 22.7 Å². The second kappa shape index (κ2) is 8.39. The third-order valence-corrected chi connectivity index (χ3v) is 6.01. The number of carbonyl (C=O) groups excluding carboxylic acids is 2. The Balaban J connectivity index is 1.64. The molecule has 1 aliphatic rings. The number of carbonyl (C=O) groups is 2. The van der Waals surface area contributed by atoms with Crippen LogP contribution in [0.15, 0.2) is 57.9 Å². The maximum Gasteiger partial charge on any atom is 0.298 e. The first-order valence-corrected chi connectivity index (χ1v) is 10.5. The molecule has 7 nitrogen and oxygen atoms in total. The minimum atomic E-state index is -0.626. The molecule has 2 aromatic carbocycles. The molecule has 1 fully saturated rings. The molecule has 0 radical (unpaired) electrons. The van der Waals surface area contributed by atoms with Crippen LogP contribution >= 0.6 is 46.6 Å². The van der Waals surface area contributed by atoms with Gasteiger partial charge in [-0.15, -0.1) is 0 Å². The van der Waals surface area contributed by atoms with Gasteiger partial charge in [0.2, 0.25) is 0 Å². The van der Waals surface area contributed by atoms with Gasteiger partial charge in [0.1, 0.15) is 16.5 Å². The van der Waals surface area contributed by atoms with Crippen molar-refractivity contribution in [1.82, 2.24) is 0 Å². The van der Waals surface area contributed by atoms with Crippen molar-refractivity contribution in [2.75, 3.05) is 4.90 Å². The molecule has 1 saturated heterocycles. The normalized spacial score (nSPS) is 15.2. The third kappa shape index (κ3) is 4.20. The molecule has 1 aliphatic heterocycles. The molecular formula is C20H9Cl3N2O5S. The quantitative estimate of drug-likeness (QED) is 0.218. The van der Waals surface area contributed by atoms with E-state index in [2.05, 4.69) is 0 Å². The SMILES string of the molecule is O=C1S/C(=C/c2ccc(-c3cc([N+](=O)[O-])c(Cl)cc3Cl)o2)C(=O)N1c1ccc(Cl)cc1. The van der Waals surface area contributed by atoms with E-state index in [0.717, 1.165) is 16.7 Å². The van der Waals surface area contributed by atoms with Gasteiger partial charge in [-0.25, -0.2) is 4.90 Å². The van der Waals surface area contributed by atoms with Crippen LogP contribution in [0.2, 0.25) is 15.1 Å². The Hall–Kier alpha value is -2.78. The van der Waals surface area contributed by atoms with E-state index in [0.29, 0.717) is 10.7 Å². The summed E-state index contributed by atoms with van der Waals surface area (Å²) in [6.07, 6.45) is 1.42. The van der Waals surface area contributed by atoms with Gasteiger partial charge < -0.3 is 4.42 Å². The highest BCUT2D eigenvalue weighted by molar-refractivity contribution is 8.19. The second-order valence-electron chi connectivity index (χ2n) is 6.24. The monoisotopic (exact) mass is 494 g/mol. The summed E-state index contributed by atoms with van der Waals surface area (Å²) >= 11 is 18.6. The largest absolute Gasteiger partial charge is 0.457 e. The van der Waals surface area contributed by atoms with Crippen molar-refractivity contribution < 1.29 is 18.9 Å². The Labute approximate surface area is 194 Å². The van der Waals surface area contributed by atoms with E-state index in [-0.39, 0.29) is 37.7 Å². The lowest BCUT2D eigenvalue weighted by Crippen LogP contribution is -2.27. The molecule has 4 rings (SSSR count). The smallest absolute Gasteiger partial charge is 0.298 e. The molecule has 156 valence electrons. The molecule has 2 amide bonds. The second-order valence-corrected chi connectivity index (χ2v) is 8.48. The van der Waals surface area contributed by atoms with Crippen LogP contribution < -0.4 is 4.90 Å². The van der Waals surface area contributed by atoms with Crippen molar-refractivity contribution in [3.63, 3.8) is 0 Å². The van der Waals surface area contributed by atoms with Crippen molar-refractivity contribution in [1.29, 1.82) is 0 Å². The van der Waals surface area contributed by atoms with Gasteiger partial charge in [-0.2, -0.15) is 0 Å². The zero-order valence-corrected chi connectivity index (χ0v) is 18.3. The van der Waals surface area contributed by atoms with Crippen molar-refractivity contribution >= 4 is 75.2 Å². The topological polar surface area (TPSA) is 93.7 Å². The van der Waals surface area contributed by atoms with Crippen LogP contribution in [0.5, 0.6) is 0 Å². The lowest BCUT2D eigenvalue weighted by molar-refractivity contribution is -0.384. The standard InChI is InChI=1S/C20H9Cl3N2O5S/c21-10-1-3-11(4-2-10)24-19(26)18(31-20(24)27)7-12-5-6-17(30-12)13-8-16(25(28)29)15(23)9-14(13)22/h1-9H/b18-7+. The summed E-state index contributed by atoms with van der Waals surface area (Å²) in [4.78, 5) is 36.8. The summed E-state index contributed by atoms with van der Waals surface area (Å²) in [5.41, 5.74) is 0.352. The fourth-order valence-corrected chi connectivity index (χ4v) is 4.34. The van der Waals surface area contributed by atoms with E-state index >= 15 is 0 Å². The fraction of sp³-hybridized carbons (Fsp3) is 0. The molecule has 31 heavy (non-hydrogen) atoms. The van der Waals surface area contributed by atoms with E-state index < -0.39 is 16.1 Å². The van der Waals surface area contributed by atoms with Crippen LogP contribution in [-0.2, 0) is 4.79 Å². The molecule has 2 heterocycles.